The molecule has 1 amide bonds. The minimum absolute atomic E-state index is 0.0988. The number of anilines is 1. The molecule has 30 heavy (non-hydrogen) atoms. The summed E-state index contributed by atoms with van der Waals surface area (Å²) in [6.07, 6.45) is 0. The number of sulfone groups is 1. The number of methoxy groups -OCH3 is 1. The summed E-state index contributed by atoms with van der Waals surface area (Å²) in [6.45, 7) is 2.37. The highest BCUT2D eigenvalue weighted by Crippen LogP contribution is 2.24. The van der Waals surface area contributed by atoms with Crippen molar-refractivity contribution >= 4 is 33.2 Å². The van der Waals surface area contributed by atoms with Crippen molar-refractivity contribution in [1.82, 2.24) is 14.8 Å². The molecular formula is C20H22N4O4S2. The molecule has 0 radical (unpaired) electrons. The second-order valence-electron chi connectivity index (χ2n) is 6.25. The number of para-hydroxylation sites is 2. The van der Waals surface area contributed by atoms with Crippen molar-refractivity contribution in [3.63, 3.8) is 0 Å². The van der Waals surface area contributed by atoms with Crippen LogP contribution in [0.2, 0.25) is 0 Å². The van der Waals surface area contributed by atoms with Crippen molar-refractivity contribution in [3.8, 4) is 5.75 Å². The molecule has 0 aliphatic heterocycles. The summed E-state index contributed by atoms with van der Waals surface area (Å²) in [7, 11) is -2.00. The van der Waals surface area contributed by atoms with Gasteiger partial charge in [0.1, 0.15) is 17.3 Å². The molecule has 0 unspecified atom stereocenters. The van der Waals surface area contributed by atoms with E-state index in [9.17, 15) is 13.2 Å². The quantitative estimate of drug-likeness (QED) is 0.504. The third-order valence-corrected chi connectivity index (χ3v) is 6.84. The Morgan fingerprint density at radius 1 is 1.10 bits per heavy atom. The maximum atomic E-state index is 12.6. The highest BCUT2D eigenvalue weighted by molar-refractivity contribution is 7.99. The smallest absolute Gasteiger partial charge is 0.234 e. The number of aromatic nitrogens is 3. The summed E-state index contributed by atoms with van der Waals surface area (Å²) in [5.41, 5.74) is 0.581. The first-order valence-corrected chi connectivity index (χ1v) is 11.8. The van der Waals surface area contributed by atoms with Gasteiger partial charge in [0.2, 0.25) is 5.91 Å². The topological polar surface area (TPSA) is 103 Å². The van der Waals surface area contributed by atoms with E-state index in [2.05, 4.69) is 15.5 Å². The Bertz CT molecular complexity index is 1110. The first-order valence-electron chi connectivity index (χ1n) is 9.20. The average Bonchev–Trinajstić information content (AvgIpc) is 3.14. The number of amides is 1. The number of hydrogen-bond acceptors (Lipinski definition) is 7. The van der Waals surface area contributed by atoms with Gasteiger partial charge in [-0.2, -0.15) is 0 Å². The number of thioether (sulfide) groups is 1. The highest BCUT2D eigenvalue weighted by Gasteiger charge is 2.21. The maximum Gasteiger partial charge on any atom is 0.234 e. The minimum atomic E-state index is -3.54. The molecule has 2 aromatic carbocycles. The molecule has 158 valence electrons. The zero-order valence-electron chi connectivity index (χ0n) is 16.6. The Kier molecular flexibility index (Phi) is 7.11. The molecule has 0 aliphatic rings. The molecule has 1 aromatic heterocycles. The van der Waals surface area contributed by atoms with Gasteiger partial charge in [-0.3, -0.25) is 4.79 Å². The molecule has 0 spiro atoms. The minimum Gasteiger partial charge on any atom is -0.495 e. The predicted octanol–water partition coefficient (Wildman–Crippen LogP) is 3.01. The van der Waals surface area contributed by atoms with Gasteiger partial charge in [0.05, 0.1) is 23.4 Å². The van der Waals surface area contributed by atoms with E-state index < -0.39 is 9.84 Å². The molecule has 8 nitrogen and oxygen atoms in total. The van der Waals surface area contributed by atoms with Gasteiger partial charge in [-0.05, 0) is 31.2 Å². The van der Waals surface area contributed by atoms with E-state index in [0.717, 1.165) is 0 Å². The lowest BCUT2D eigenvalue weighted by Gasteiger charge is -2.10. The Labute approximate surface area is 179 Å². The summed E-state index contributed by atoms with van der Waals surface area (Å²) in [6, 6.07) is 15.4. The normalized spacial score (nSPS) is 11.3. The van der Waals surface area contributed by atoms with Crippen LogP contribution in [0.4, 0.5) is 5.69 Å². The molecule has 3 aromatic rings. The second-order valence-corrected chi connectivity index (χ2v) is 9.18. The van der Waals surface area contributed by atoms with Crippen LogP contribution >= 0.6 is 11.8 Å². The number of carbonyl (C=O) groups is 1. The van der Waals surface area contributed by atoms with Crippen molar-refractivity contribution in [3.05, 3.63) is 60.4 Å². The molecule has 0 bridgehead atoms. The van der Waals surface area contributed by atoms with Gasteiger partial charge in [-0.15, -0.1) is 10.2 Å². The summed E-state index contributed by atoms with van der Waals surface area (Å²) >= 11 is 1.20. The molecule has 1 heterocycles. The summed E-state index contributed by atoms with van der Waals surface area (Å²) in [5.74, 6) is 0.525. The van der Waals surface area contributed by atoms with E-state index in [1.807, 2.05) is 13.0 Å². The fraction of sp³-hybridized carbons (Fsp3) is 0.250. The van der Waals surface area contributed by atoms with E-state index in [1.54, 1.807) is 53.1 Å². The lowest BCUT2D eigenvalue weighted by molar-refractivity contribution is -0.113. The van der Waals surface area contributed by atoms with Crippen molar-refractivity contribution in [2.45, 2.75) is 29.3 Å². The molecule has 0 aliphatic carbocycles. The van der Waals surface area contributed by atoms with E-state index in [1.165, 1.54) is 18.9 Å². The van der Waals surface area contributed by atoms with Crippen molar-refractivity contribution in [1.29, 1.82) is 0 Å². The number of ether oxygens (including phenoxy) is 1. The van der Waals surface area contributed by atoms with Crippen molar-refractivity contribution in [2.24, 2.45) is 0 Å². The van der Waals surface area contributed by atoms with Crippen LogP contribution < -0.4 is 10.1 Å². The van der Waals surface area contributed by atoms with Gasteiger partial charge < -0.3 is 14.6 Å². The Balaban J connectivity index is 1.68. The first-order chi connectivity index (χ1) is 14.4. The van der Waals surface area contributed by atoms with Gasteiger partial charge >= 0.3 is 0 Å². The van der Waals surface area contributed by atoms with Crippen molar-refractivity contribution < 1.29 is 17.9 Å². The van der Waals surface area contributed by atoms with Gasteiger partial charge in [0.25, 0.3) is 0 Å². The summed E-state index contributed by atoms with van der Waals surface area (Å²) < 4.78 is 32.2. The van der Waals surface area contributed by atoms with Gasteiger partial charge in [0, 0.05) is 6.54 Å². The maximum absolute atomic E-state index is 12.6. The van der Waals surface area contributed by atoms with Crippen LogP contribution in [-0.2, 0) is 26.9 Å². The van der Waals surface area contributed by atoms with Crippen molar-refractivity contribution in [2.75, 3.05) is 18.2 Å². The van der Waals surface area contributed by atoms with Crippen LogP contribution in [0, 0.1) is 0 Å². The number of benzene rings is 2. The van der Waals surface area contributed by atoms with E-state index in [4.69, 9.17) is 4.74 Å². The average molecular weight is 447 g/mol. The SMILES string of the molecule is CCn1c(CS(=O)(=O)c2ccccc2)nnc1SCC(=O)Nc1ccccc1OC. The largest absolute Gasteiger partial charge is 0.495 e. The zero-order chi connectivity index (χ0) is 21.6. The van der Waals surface area contributed by atoms with E-state index >= 15 is 0 Å². The third kappa shape index (κ3) is 5.19. The zero-order valence-corrected chi connectivity index (χ0v) is 18.2. The molecule has 3 rings (SSSR count). The fourth-order valence-electron chi connectivity index (χ4n) is 2.80. The Hall–Kier alpha value is -2.85. The molecular weight excluding hydrogens is 424 g/mol. The second kappa shape index (κ2) is 9.77. The van der Waals surface area contributed by atoms with E-state index in [0.29, 0.717) is 29.0 Å². The third-order valence-electron chi connectivity index (χ3n) is 4.24. The highest BCUT2D eigenvalue weighted by atomic mass is 32.2. The molecule has 10 heteroatoms. The summed E-state index contributed by atoms with van der Waals surface area (Å²) in [4.78, 5) is 12.6. The Morgan fingerprint density at radius 3 is 2.50 bits per heavy atom. The molecule has 0 saturated carbocycles. The summed E-state index contributed by atoms with van der Waals surface area (Å²) in [5, 5.41) is 11.4. The number of nitrogens with zero attached hydrogens (tertiary/aromatic N) is 3. The monoisotopic (exact) mass is 446 g/mol. The van der Waals surface area contributed by atoms with Gasteiger partial charge in [-0.1, -0.05) is 42.1 Å². The van der Waals surface area contributed by atoms with Crippen LogP contribution in [0.1, 0.15) is 12.7 Å². The predicted molar refractivity (Wildman–Crippen MR) is 115 cm³/mol. The lowest BCUT2D eigenvalue weighted by atomic mass is 10.3. The van der Waals surface area contributed by atoms with Gasteiger partial charge in [-0.25, -0.2) is 8.42 Å². The standard InChI is InChI=1S/C20H22N4O4S2/c1-3-24-18(14-30(26,27)15-9-5-4-6-10-15)22-23-20(24)29-13-19(25)21-16-11-7-8-12-17(16)28-2/h4-12H,3,13-14H2,1-2H3,(H,21,25). The van der Waals surface area contributed by atoms with E-state index in [-0.39, 0.29) is 22.3 Å². The lowest BCUT2D eigenvalue weighted by Crippen LogP contribution is -2.15. The van der Waals surface area contributed by atoms with Crippen LogP contribution in [0.25, 0.3) is 0 Å². The number of rotatable bonds is 9. The molecule has 0 fully saturated rings. The van der Waals surface area contributed by atoms with Crippen LogP contribution in [-0.4, -0.2) is 42.0 Å². The fourth-order valence-corrected chi connectivity index (χ4v) is 4.91. The number of hydrogen-bond donors (Lipinski definition) is 1. The Morgan fingerprint density at radius 2 is 1.80 bits per heavy atom. The number of nitrogens with one attached hydrogen (secondary N) is 1. The molecule has 0 saturated heterocycles. The van der Waals surface area contributed by atoms with Crippen LogP contribution in [0.5, 0.6) is 5.75 Å². The molecule has 0 atom stereocenters. The molecule has 1 N–H and O–H groups in total. The first kappa shape index (κ1) is 21.8. The number of carbonyl (C=O) groups excluding carboxylic acids is 1. The van der Waals surface area contributed by atoms with Gasteiger partial charge in [0.15, 0.2) is 15.0 Å². The van der Waals surface area contributed by atoms with Crippen LogP contribution in [0.3, 0.4) is 0 Å². The van der Waals surface area contributed by atoms with Crippen LogP contribution in [0.15, 0.2) is 64.6 Å².